The molecule has 19 heavy (non-hydrogen) atoms. The van der Waals surface area contributed by atoms with Crippen molar-refractivity contribution in [1.29, 1.82) is 0 Å². The van der Waals surface area contributed by atoms with Crippen molar-refractivity contribution >= 4 is 23.8 Å². The van der Waals surface area contributed by atoms with E-state index in [1.807, 2.05) is 46.9 Å². The van der Waals surface area contributed by atoms with Crippen LogP contribution in [-0.4, -0.2) is 28.4 Å². The molecule has 3 nitrogen and oxygen atoms in total. The van der Waals surface area contributed by atoms with Crippen LogP contribution in [0.25, 0.3) is 10.9 Å². The average molecular weight is 259 g/mol. The molecule has 0 spiro atoms. The van der Waals surface area contributed by atoms with Crippen molar-refractivity contribution in [2.75, 3.05) is 0 Å². The first-order valence-electron chi connectivity index (χ1n) is 6.52. The van der Waals surface area contributed by atoms with E-state index in [1.54, 1.807) is 7.48 Å². The zero-order chi connectivity index (χ0) is 14.3. The van der Waals surface area contributed by atoms with Gasteiger partial charge in [-0.2, -0.15) is 0 Å². The van der Waals surface area contributed by atoms with E-state index in [1.165, 1.54) is 10.9 Å². The highest BCUT2D eigenvalue weighted by Gasteiger charge is 2.40. The Morgan fingerprint density at radius 2 is 1.79 bits per heavy atom. The van der Waals surface area contributed by atoms with Crippen LogP contribution in [0.1, 0.15) is 27.7 Å². The number of nitrogens with zero attached hydrogens (tertiary/aromatic N) is 1. The molecule has 0 aliphatic heterocycles. The molecule has 0 atom stereocenters. The van der Waals surface area contributed by atoms with Crippen molar-refractivity contribution in [1.82, 2.24) is 4.57 Å². The van der Waals surface area contributed by atoms with Gasteiger partial charge >= 0.3 is 7.48 Å². The molecule has 0 bridgehead atoms. The molecule has 0 unspecified atom stereocenters. The van der Waals surface area contributed by atoms with E-state index in [2.05, 4.69) is 22.9 Å². The van der Waals surface area contributed by atoms with Crippen LogP contribution in [0.4, 0.5) is 0 Å². The zero-order valence-electron chi connectivity index (χ0n) is 12.3. The Labute approximate surface area is 115 Å². The lowest BCUT2D eigenvalue weighted by Crippen LogP contribution is -2.49. The van der Waals surface area contributed by atoms with E-state index >= 15 is 0 Å². The van der Waals surface area contributed by atoms with Crippen molar-refractivity contribution in [2.45, 2.75) is 38.9 Å². The third kappa shape index (κ3) is 2.70. The number of aryl methyl sites for hydroxylation is 1. The molecular formula is C15H22BNO2+. The lowest BCUT2D eigenvalue weighted by molar-refractivity contribution is -0.0893. The quantitative estimate of drug-likeness (QED) is 0.608. The summed E-state index contributed by atoms with van der Waals surface area (Å²) in [6.45, 7) is 7.62. The fraction of sp³-hybridized carbons (Fsp3) is 0.467. The molecule has 0 aliphatic rings. The lowest BCUT2D eigenvalue weighted by atomic mass is 9.82. The van der Waals surface area contributed by atoms with Crippen LogP contribution in [0.2, 0.25) is 0 Å². The molecule has 0 fully saturated rings. The van der Waals surface area contributed by atoms with Crippen LogP contribution in [0.5, 0.6) is 0 Å². The summed E-state index contributed by atoms with van der Waals surface area (Å²) < 4.78 is 7.96. The topological polar surface area (TPSA) is 37.1 Å². The number of para-hydroxylation sites is 1. The molecular weight excluding hydrogens is 237 g/mol. The van der Waals surface area contributed by atoms with E-state index < -0.39 is 11.2 Å². The summed E-state index contributed by atoms with van der Waals surface area (Å²) >= 11 is 0. The Balaban J connectivity index is 2.24. The second kappa shape index (κ2) is 4.69. The number of benzene rings is 1. The molecule has 0 saturated carbocycles. The van der Waals surface area contributed by atoms with Gasteiger partial charge < -0.3 is 14.3 Å². The summed E-state index contributed by atoms with van der Waals surface area (Å²) in [4.78, 5) is 0. The van der Waals surface area contributed by atoms with E-state index in [0.717, 1.165) is 5.46 Å². The van der Waals surface area contributed by atoms with Crippen LogP contribution in [0, 0.1) is 0 Å². The van der Waals surface area contributed by atoms with E-state index in [0.29, 0.717) is 0 Å². The van der Waals surface area contributed by atoms with E-state index in [-0.39, 0.29) is 0 Å². The van der Waals surface area contributed by atoms with Gasteiger partial charge in [0.05, 0.1) is 0 Å². The minimum absolute atomic E-state index is 0.538. The highest BCUT2D eigenvalue weighted by Crippen LogP contribution is 2.24. The van der Waals surface area contributed by atoms with Gasteiger partial charge in [0, 0.05) is 32.6 Å². The summed E-state index contributed by atoms with van der Waals surface area (Å²) in [5, 5.41) is 9.29. The number of fused-ring (bicyclic) bond motifs is 1. The van der Waals surface area contributed by atoms with Crippen LogP contribution < -0.4 is 5.46 Å². The van der Waals surface area contributed by atoms with Crippen LogP contribution in [0.15, 0.2) is 30.5 Å². The number of aromatic nitrogens is 1. The third-order valence-corrected chi connectivity index (χ3v) is 3.91. The first-order chi connectivity index (χ1) is 8.72. The van der Waals surface area contributed by atoms with Crippen LogP contribution in [-0.2, 0) is 11.7 Å². The summed E-state index contributed by atoms with van der Waals surface area (Å²) in [6.07, 6.45) is 2.05. The van der Waals surface area contributed by atoms with Gasteiger partial charge in [-0.15, -0.1) is 0 Å². The SMILES string of the molecule is Cn1cc([B]OC(C)(C)C(C)(C)[OH2+])c2ccccc21. The normalized spacial score (nSPS) is 12.9. The second-order valence-electron chi connectivity index (χ2n) is 6.08. The minimum Gasteiger partial charge on any atom is -0.439 e. The Hall–Kier alpha value is -1.26. The largest absolute Gasteiger partial charge is 0.439 e. The zero-order valence-corrected chi connectivity index (χ0v) is 12.3. The Morgan fingerprint density at radius 3 is 2.42 bits per heavy atom. The maximum absolute atomic E-state index is 8.12. The van der Waals surface area contributed by atoms with Gasteiger partial charge in [0.15, 0.2) is 5.60 Å². The molecule has 1 heterocycles. The lowest BCUT2D eigenvalue weighted by Gasteiger charge is -2.33. The van der Waals surface area contributed by atoms with Crippen molar-refractivity contribution in [3.05, 3.63) is 30.5 Å². The monoisotopic (exact) mass is 259 g/mol. The predicted molar refractivity (Wildman–Crippen MR) is 81.2 cm³/mol. The molecule has 0 amide bonds. The first-order valence-corrected chi connectivity index (χ1v) is 6.52. The first kappa shape index (κ1) is 14.2. The maximum Gasteiger partial charge on any atom is 0.333 e. The molecule has 2 aromatic rings. The van der Waals surface area contributed by atoms with Gasteiger partial charge in [-0.25, -0.2) is 0 Å². The van der Waals surface area contributed by atoms with Gasteiger partial charge in [-0.1, -0.05) is 18.2 Å². The van der Waals surface area contributed by atoms with Gasteiger partial charge in [-0.05, 0) is 30.8 Å². The van der Waals surface area contributed by atoms with Gasteiger partial charge in [0.1, 0.15) is 5.60 Å². The third-order valence-electron chi connectivity index (χ3n) is 3.91. The molecule has 1 aromatic carbocycles. The molecule has 2 rings (SSSR count). The average Bonchev–Trinajstić information content (AvgIpc) is 2.63. The van der Waals surface area contributed by atoms with Crippen molar-refractivity contribution in [3.8, 4) is 0 Å². The summed E-state index contributed by atoms with van der Waals surface area (Å²) in [6, 6.07) is 8.23. The number of rotatable bonds is 4. The van der Waals surface area contributed by atoms with E-state index in [4.69, 9.17) is 9.76 Å². The predicted octanol–water partition coefficient (Wildman–Crippen LogP) is 1.72. The van der Waals surface area contributed by atoms with Crippen LogP contribution >= 0.6 is 0 Å². The summed E-state index contributed by atoms with van der Waals surface area (Å²) in [5.74, 6) is 0. The maximum atomic E-state index is 8.12. The second-order valence-corrected chi connectivity index (χ2v) is 6.08. The van der Waals surface area contributed by atoms with Crippen molar-refractivity contribution < 1.29 is 9.76 Å². The fourth-order valence-corrected chi connectivity index (χ4v) is 1.83. The van der Waals surface area contributed by atoms with Gasteiger partial charge in [0.25, 0.3) is 0 Å². The smallest absolute Gasteiger partial charge is 0.333 e. The van der Waals surface area contributed by atoms with Crippen molar-refractivity contribution in [2.24, 2.45) is 7.05 Å². The molecule has 1 radical (unpaired) electrons. The van der Waals surface area contributed by atoms with E-state index in [9.17, 15) is 0 Å². The highest BCUT2D eigenvalue weighted by molar-refractivity contribution is 6.51. The molecule has 2 N–H and O–H groups in total. The number of hydrogen-bond acceptors (Lipinski definition) is 1. The molecule has 0 aliphatic carbocycles. The Kier molecular flexibility index (Phi) is 3.50. The van der Waals surface area contributed by atoms with Gasteiger partial charge in [-0.3, -0.25) is 0 Å². The van der Waals surface area contributed by atoms with Crippen LogP contribution in [0.3, 0.4) is 0 Å². The summed E-state index contributed by atoms with van der Waals surface area (Å²) in [7, 11) is 3.80. The summed E-state index contributed by atoms with van der Waals surface area (Å²) in [5.41, 5.74) is 1.04. The van der Waals surface area contributed by atoms with Crippen molar-refractivity contribution in [3.63, 3.8) is 0 Å². The molecule has 101 valence electrons. The molecule has 1 aromatic heterocycles. The molecule has 0 saturated heterocycles. The fourth-order valence-electron chi connectivity index (χ4n) is 1.83. The standard InChI is InChI=1S/C15H21BNO2/c1-14(2,18)15(3,4)19-16-12-10-17(5)13-9-7-6-8-11(12)13/h6-10,18H,1-5H3/p+1. The minimum atomic E-state index is -0.659. The van der Waals surface area contributed by atoms with Gasteiger partial charge in [0.2, 0.25) is 0 Å². The number of hydrogen-bond donors (Lipinski definition) is 0. The Bertz CT molecular complexity index is 581. The molecule has 4 heteroatoms. The Morgan fingerprint density at radius 1 is 1.16 bits per heavy atom. The highest BCUT2D eigenvalue weighted by atomic mass is 16.5.